The Morgan fingerprint density at radius 3 is 2.88 bits per heavy atom. The number of hydrogen-bond donors (Lipinski definition) is 2. The monoisotopic (exact) mass is 373 g/mol. The van der Waals surface area contributed by atoms with Crippen LogP contribution < -0.4 is 10.9 Å². The van der Waals surface area contributed by atoms with Gasteiger partial charge in [-0.15, -0.1) is 0 Å². The van der Waals surface area contributed by atoms with Gasteiger partial charge in [-0.2, -0.15) is 0 Å². The Kier molecular flexibility index (Phi) is 4.17. The van der Waals surface area contributed by atoms with Crippen molar-refractivity contribution in [3.8, 4) is 0 Å². The van der Waals surface area contributed by atoms with Crippen molar-refractivity contribution in [3.05, 3.63) is 62.0 Å². The van der Waals surface area contributed by atoms with Crippen molar-refractivity contribution >= 4 is 35.0 Å². The van der Waals surface area contributed by atoms with Gasteiger partial charge in [0.2, 0.25) is 0 Å². The number of halogens is 1. The Morgan fingerprint density at radius 2 is 2.12 bits per heavy atom. The third-order valence-corrected chi connectivity index (χ3v) is 5.43. The molecule has 1 aromatic heterocycles. The lowest BCUT2D eigenvalue weighted by Gasteiger charge is -2.32. The van der Waals surface area contributed by atoms with Crippen molar-refractivity contribution in [1.82, 2.24) is 9.97 Å². The molecule has 4 rings (SSSR count). The lowest BCUT2D eigenvalue weighted by atomic mass is 9.76. The molecule has 0 bridgehead atoms. The molecule has 0 fully saturated rings. The first-order valence-electron chi connectivity index (χ1n) is 8.05. The second-order valence-electron chi connectivity index (χ2n) is 6.12. The first-order chi connectivity index (χ1) is 12.1. The van der Waals surface area contributed by atoms with Crippen molar-refractivity contribution in [2.45, 2.75) is 30.3 Å². The van der Waals surface area contributed by atoms with E-state index in [0.717, 1.165) is 24.1 Å². The van der Waals surface area contributed by atoms with Crippen molar-refractivity contribution < 1.29 is 4.79 Å². The molecule has 1 aromatic carbocycles. The number of aromatic amines is 1. The molecule has 1 aliphatic carbocycles. The number of fused-ring (bicyclic) bond motifs is 1. The topological polar surface area (TPSA) is 74.8 Å². The Bertz CT molecular complexity index is 967. The molecule has 128 valence electrons. The third-order valence-electron chi connectivity index (χ3n) is 4.61. The van der Waals surface area contributed by atoms with Gasteiger partial charge in [0.15, 0.2) is 10.9 Å². The summed E-state index contributed by atoms with van der Waals surface area (Å²) >= 11 is 7.54. The number of carbonyl (C=O) groups is 1. The molecule has 1 unspecified atom stereocenters. The number of thioether (sulfide) groups is 1. The number of allylic oxidation sites excluding steroid dienone is 2. The Balaban J connectivity index is 2.00. The zero-order valence-electron chi connectivity index (χ0n) is 13.6. The Morgan fingerprint density at radius 1 is 1.28 bits per heavy atom. The summed E-state index contributed by atoms with van der Waals surface area (Å²) in [5.74, 6) is 0.175. The molecule has 0 saturated carbocycles. The van der Waals surface area contributed by atoms with E-state index < -0.39 is 5.92 Å². The number of anilines is 1. The maximum Gasteiger partial charge on any atom is 0.257 e. The predicted molar refractivity (Wildman–Crippen MR) is 99.4 cm³/mol. The second kappa shape index (κ2) is 6.35. The smallest absolute Gasteiger partial charge is 0.257 e. The van der Waals surface area contributed by atoms with E-state index in [-0.39, 0.29) is 11.3 Å². The van der Waals surface area contributed by atoms with Gasteiger partial charge in [0.1, 0.15) is 5.82 Å². The highest BCUT2D eigenvalue weighted by molar-refractivity contribution is 7.98. The molecule has 25 heavy (non-hydrogen) atoms. The van der Waals surface area contributed by atoms with Crippen LogP contribution in [0.1, 0.15) is 36.3 Å². The van der Waals surface area contributed by atoms with Gasteiger partial charge in [-0.1, -0.05) is 35.5 Å². The minimum Gasteiger partial charge on any atom is -0.343 e. The molecular weight excluding hydrogens is 358 g/mol. The van der Waals surface area contributed by atoms with Gasteiger partial charge in [-0.3, -0.25) is 9.59 Å². The number of nitrogens with zero attached hydrogens (tertiary/aromatic N) is 1. The summed E-state index contributed by atoms with van der Waals surface area (Å²) in [6.07, 6.45) is 3.94. The maximum atomic E-state index is 12.8. The molecule has 1 atom stereocenters. The van der Waals surface area contributed by atoms with E-state index in [4.69, 9.17) is 11.6 Å². The molecule has 0 saturated heterocycles. The molecule has 0 spiro atoms. The number of Topliss-reactive ketones (excluding diaryl/α,β-unsaturated/α-hetero) is 1. The summed E-state index contributed by atoms with van der Waals surface area (Å²) in [6.45, 7) is 0. The van der Waals surface area contributed by atoms with E-state index in [1.807, 2.05) is 24.5 Å². The van der Waals surface area contributed by atoms with Crippen molar-refractivity contribution in [2.75, 3.05) is 11.6 Å². The van der Waals surface area contributed by atoms with Gasteiger partial charge in [0.05, 0.1) is 5.56 Å². The van der Waals surface area contributed by atoms with Gasteiger partial charge in [-0.25, -0.2) is 4.98 Å². The Labute approximate surface area is 153 Å². The van der Waals surface area contributed by atoms with Crippen LogP contribution in [0.3, 0.4) is 0 Å². The molecule has 0 amide bonds. The number of nitrogens with one attached hydrogen (secondary N) is 2. The maximum absolute atomic E-state index is 12.8. The summed E-state index contributed by atoms with van der Waals surface area (Å²) in [6, 6.07) is 7.34. The lowest BCUT2D eigenvalue weighted by molar-refractivity contribution is -0.116. The highest BCUT2D eigenvalue weighted by Crippen LogP contribution is 2.43. The average Bonchev–Trinajstić information content (AvgIpc) is 2.60. The molecular formula is C18H16ClN3O2S. The standard InChI is InChI=1S/C18H16ClN3O2S/c1-25-18-21-16-15(17(24)22-18)13(9-4-2-5-10(19)8-9)14-11(20-16)6-3-7-12(14)23/h2,4-5,8,13H,3,6-7H2,1H3,(H2,20,21,22,24). The zero-order valence-corrected chi connectivity index (χ0v) is 15.1. The third kappa shape index (κ3) is 2.79. The molecule has 2 heterocycles. The van der Waals surface area contributed by atoms with Crippen molar-refractivity contribution in [3.63, 3.8) is 0 Å². The molecule has 0 radical (unpaired) electrons. The summed E-state index contributed by atoms with van der Waals surface area (Å²) in [5, 5.41) is 4.37. The summed E-state index contributed by atoms with van der Waals surface area (Å²) in [5.41, 5.74) is 2.64. The minimum atomic E-state index is -0.440. The van der Waals surface area contributed by atoms with Crippen LogP contribution in [0.25, 0.3) is 0 Å². The first-order valence-corrected chi connectivity index (χ1v) is 9.65. The zero-order chi connectivity index (χ0) is 17.6. The van der Waals surface area contributed by atoms with E-state index in [1.165, 1.54) is 11.8 Å². The first kappa shape index (κ1) is 16.4. The lowest BCUT2D eigenvalue weighted by Crippen LogP contribution is -2.32. The number of ketones is 1. The fourth-order valence-corrected chi connectivity index (χ4v) is 4.13. The van der Waals surface area contributed by atoms with Crippen molar-refractivity contribution in [1.29, 1.82) is 0 Å². The van der Waals surface area contributed by atoms with Gasteiger partial charge < -0.3 is 10.3 Å². The van der Waals surface area contributed by atoms with Gasteiger partial charge in [0, 0.05) is 28.6 Å². The Hall–Kier alpha value is -2.05. The number of rotatable bonds is 2. The van der Waals surface area contributed by atoms with Crippen LogP contribution in [-0.4, -0.2) is 22.0 Å². The van der Waals surface area contributed by atoms with Crippen LogP contribution >= 0.6 is 23.4 Å². The second-order valence-corrected chi connectivity index (χ2v) is 7.35. The number of carbonyl (C=O) groups excluding carboxylic acids is 1. The molecule has 2 aromatic rings. The van der Waals surface area contributed by atoms with Crippen LogP contribution in [0.5, 0.6) is 0 Å². The van der Waals surface area contributed by atoms with E-state index in [0.29, 0.717) is 33.6 Å². The van der Waals surface area contributed by atoms with E-state index in [1.54, 1.807) is 6.07 Å². The van der Waals surface area contributed by atoms with E-state index >= 15 is 0 Å². The molecule has 2 aliphatic rings. The molecule has 2 N–H and O–H groups in total. The fourth-order valence-electron chi connectivity index (χ4n) is 3.56. The largest absolute Gasteiger partial charge is 0.343 e. The van der Waals surface area contributed by atoms with Gasteiger partial charge in [0.25, 0.3) is 5.56 Å². The SMILES string of the molecule is CSc1nc2c(c(=O)[nH]1)C(c1cccc(Cl)c1)C1=C(CCCC1=O)N2. The number of aromatic nitrogens is 2. The normalized spacial score (nSPS) is 19.3. The van der Waals surface area contributed by atoms with E-state index in [2.05, 4.69) is 15.3 Å². The van der Waals surface area contributed by atoms with Crippen LogP contribution in [0, 0.1) is 0 Å². The molecule has 5 nitrogen and oxygen atoms in total. The van der Waals surface area contributed by atoms with E-state index in [9.17, 15) is 9.59 Å². The summed E-state index contributed by atoms with van der Waals surface area (Å²) in [7, 11) is 0. The number of H-pyrrole nitrogens is 1. The van der Waals surface area contributed by atoms with Gasteiger partial charge in [-0.05, 0) is 36.8 Å². The molecule has 1 aliphatic heterocycles. The van der Waals surface area contributed by atoms with Crippen LogP contribution in [-0.2, 0) is 4.79 Å². The number of benzene rings is 1. The highest BCUT2D eigenvalue weighted by Gasteiger charge is 2.37. The predicted octanol–water partition coefficient (Wildman–Crippen LogP) is 3.71. The van der Waals surface area contributed by atoms with Crippen molar-refractivity contribution in [2.24, 2.45) is 0 Å². The summed E-state index contributed by atoms with van der Waals surface area (Å²) < 4.78 is 0. The quantitative estimate of drug-likeness (QED) is 0.620. The van der Waals surface area contributed by atoms with Crippen LogP contribution in [0.15, 0.2) is 45.5 Å². The van der Waals surface area contributed by atoms with Gasteiger partial charge >= 0.3 is 0 Å². The highest BCUT2D eigenvalue weighted by atomic mass is 35.5. The fraction of sp³-hybridized carbons (Fsp3) is 0.278. The average molecular weight is 374 g/mol. The number of hydrogen-bond acceptors (Lipinski definition) is 5. The minimum absolute atomic E-state index is 0.0812. The van der Waals surface area contributed by atoms with Crippen LogP contribution in [0.4, 0.5) is 5.82 Å². The molecule has 7 heteroatoms. The summed E-state index contributed by atoms with van der Waals surface area (Å²) in [4.78, 5) is 32.8. The van der Waals surface area contributed by atoms with Crippen LogP contribution in [0.2, 0.25) is 5.02 Å².